The van der Waals surface area contributed by atoms with Crippen molar-refractivity contribution >= 4 is 35.0 Å². The van der Waals surface area contributed by atoms with Crippen molar-refractivity contribution in [2.45, 2.75) is 51.1 Å². The fourth-order valence-corrected chi connectivity index (χ4v) is 5.98. The molecule has 2 aliphatic rings. The van der Waals surface area contributed by atoms with Crippen LogP contribution in [0.25, 0.3) is 0 Å². The Kier molecular flexibility index (Phi) is 5.37. The molecule has 3 aromatic rings. The maximum atomic E-state index is 14.1. The summed E-state index contributed by atoms with van der Waals surface area (Å²) in [5.74, 6) is -1.14. The van der Waals surface area contributed by atoms with Gasteiger partial charge in [-0.3, -0.25) is 19.3 Å². The number of imide groups is 1. The third kappa shape index (κ3) is 3.49. The lowest BCUT2D eigenvalue weighted by Gasteiger charge is -2.52. The highest BCUT2D eigenvalue weighted by molar-refractivity contribution is 6.30. The van der Waals surface area contributed by atoms with Gasteiger partial charge < -0.3 is 4.90 Å². The fourth-order valence-electron chi connectivity index (χ4n) is 5.85. The molecule has 0 saturated carbocycles. The highest BCUT2D eigenvalue weighted by Gasteiger charge is 2.50. The summed E-state index contributed by atoms with van der Waals surface area (Å²) in [6.45, 7) is 7.89. The fraction of sp³-hybridized carbons (Fsp3) is 0.276. The van der Waals surface area contributed by atoms with Crippen molar-refractivity contribution in [3.05, 3.63) is 100 Å². The van der Waals surface area contributed by atoms with Crippen molar-refractivity contribution in [1.82, 2.24) is 4.90 Å². The molecule has 3 amide bonds. The van der Waals surface area contributed by atoms with Crippen LogP contribution in [0.15, 0.2) is 72.8 Å². The molecule has 2 aliphatic heterocycles. The van der Waals surface area contributed by atoms with Crippen molar-refractivity contribution in [2.75, 3.05) is 4.90 Å². The van der Waals surface area contributed by atoms with Crippen molar-refractivity contribution in [3.8, 4) is 0 Å². The van der Waals surface area contributed by atoms with E-state index in [-0.39, 0.29) is 11.3 Å². The van der Waals surface area contributed by atoms with Crippen LogP contribution in [0.1, 0.15) is 66.0 Å². The number of fused-ring (bicyclic) bond motifs is 2. The van der Waals surface area contributed by atoms with Crippen LogP contribution in [-0.4, -0.2) is 34.2 Å². The summed E-state index contributed by atoms with van der Waals surface area (Å²) in [6, 6.07) is 21.5. The normalized spacial score (nSPS) is 21.5. The van der Waals surface area contributed by atoms with Gasteiger partial charge in [-0.1, -0.05) is 61.0 Å². The molecule has 178 valence electrons. The molecular weight excluding hydrogens is 460 g/mol. The average molecular weight is 487 g/mol. The first-order valence-corrected chi connectivity index (χ1v) is 12.1. The van der Waals surface area contributed by atoms with Crippen LogP contribution >= 0.6 is 11.6 Å². The van der Waals surface area contributed by atoms with Crippen LogP contribution in [0.3, 0.4) is 0 Å². The molecule has 0 aliphatic carbocycles. The first-order valence-electron chi connectivity index (χ1n) is 11.7. The molecule has 3 aromatic carbocycles. The third-order valence-electron chi connectivity index (χ3n) is 7.40. The van der Waals surface area contributed by atoms with Crippen LogP contribution in [0.5, 0.6) is 0 Å². The Morgan fingerprint density at radius 1 is 0.857 bits per heavy atom. The zero-order chi connectivity index (χ0) is 25.1. The highest BCUT2D eigenvalue weighted by atomic mass is 35.5. The molecule has 2 heterocycles. The second-order valence-corrected chi connectivity index (χ2v) is 10.7. The minimum atomic E-state index is -0.949. The van der Waals surface area contributed by atoms with Gasteiger partial charge in [-0.25, -0.2) is 0 Å². The maximum Gasteiger partial charge on any atom is 0.262 e. The average Bonchev–Trinajstić information content (AvgIpc) is 3.08. The minimum Gasteiger partial charge on any atom is -0.305 e. The molecule has 35 heavy (non-hydrogen) atoms. The molecule has 0 radical (unpaired) electrons. The van der Waals surface area contributed by atoms with Crippen molar-refractivity contribution < 1.29 is 14.4 Å². The topological polar surface area (TPSA) is 57.7 Å². The number of nitrogens with zero attached hydrogens (tertiary/aromatic N) is 2. The van der Waals surface area contributed by atoms with E-state index >= 15 is 0 Å². The Balaban J connectivity index is 1.57. The van der Waals surface area contributed by atoms with Crippen LogP contribution in [0.4, 0.5) is 5.69 Å². The number of carbonyl (C=O) groups is 3. The van der Waals surface area contributed by atoms with E-state index in [0.717, 1.165) is 21.7 Å². The van der Waals surface area contributed by atoms with E-state index in [1.165, 1.54) is 0 Å². The molecule has 2 atom stereocenters. The molecule has 0 spiro atoms. The van der Waals surface area contributed by atoms with Gasteiger partial charge in [0.1, 0.15) is 6.04 Å². The number of anilines is 1. The highest BCUT2D eigenvalue weighted by Crippen LogP contribution is 2.50. The Morgan fingerprint density at radius 2 is 1.40 bits per heavy atom. The zero-order valence-electron chi connectivity index (χ0n) is 20.2. The number of halogens is 1. The summed E-state index contributed by atoms with van der Waals surface area (Å²) >= 11 is 6.16. The van der Waals surface area contributed by atoms with Gasteiger partial charge in [0, 0.05) is 21.7 Å². The second-order valence-electron chi connectivity index (χ2n) is 10.2. The van der Waals surface area contributed by atoms with Crippen LogP contribution in [0, 0.1) is 0 Å². The van der Waals surface area contributed by atoms with E-state index in [4.69, 9.17) is 11.6 Å². The molecule has 0 aromatic heterocycles. The van der Waals surface area contributed by atoms with Gasteiger partial charge in [-0.05, 0) is 68.7 Å². The van der Waals surface area contributed by atoms with Crippen LogP contribution in [0.2, 0.25) is 5.02 Å². The van der Waals surface area contributed by atoms with E-state index in [9.17, 15) is 14.4 Å². The number of benzene rings is 3. The van der Waals surface area contributed by atoms with E-state index < -0.39 is 23.4 Å². The molecule has 0 bridgehead atoms. The van der Waals surface area contributed by atoms with Gasteiger partial charge >= 0.3 is 0 Å². The van der Waals surface area contributed by atoms with Crippen molar-refractivity contribution in [2.24, 2.45) is 0 Å². The lowest BCUT2D eigenvalue weighted by molar-refractivity contribution is -0.123. The number of rotatable bonds is 3. The first kappa shape index (κ1) is 23.3. The Morgan fingerprint density at radius 3 is 2.00 bits per heavy atom. The van der Waals surface area contributed by atoms with Crippen LogP contribution in [-0.2, 0) is 10.2 Å². The standard InChI is InChI=1S/C29H27ClN2O3/c1-18(31-26(34)21-9-5-6-10-22(21)27(31)35)25(33)32-24-12-8-7-11-23(24)29(4,17-28(32,2)3)19-13-15-20(30)16-14-19/h5-16,18H,17H2,1-4H3/t18-,29-/m0/s1. The van der Waals surface area contributed by atoms with E-state index in [2.05, 4.69) is 6.92 Å². The zero-order valence-corrected chi connectivity index (χ0v) is 21.0. The third-order valence-corrected chi connectivity index (χ3v) is 7.65. The predicted molar refractivity (Wildman–Crippen MR) is 137 cm³/mol. The number of hydrogen-bond donors (Lipinski definition) is 0. The van der Waals surface area contributed by atoms with Gasteiger partial charge in [0.25, 0.3) is 17.7 Å². The minimum absolute atomic E-state index is 0.282. The molecular formula is C29H27ClN2O3. The van der Waals surface area contributed by atoms with E-state index in [0.29, 0.717) is 22.6 Å². The summed E-state index contributed by atoms with van der Waals surface area (Å²) in [5.41, 5.74) is 2.64. The summed E-state index contributed by atoms with van der Waals surface area (Å²) in [7, 11) is 0. The quantitative estimate of drug-likeness (QED) is 0.436. The largest absolute Gasteiger partial charge is 0.305 e. The number of amides is 3. The smallest absolute Gasteiger partial charge is 0.262 e. The molecule has 5 nitrogen and oxygen atoms in total. The summed E-state index contributed by atoms with van der Waals surface area (Å²) in [6.07, 6.45) is 0.652. The number of carbonyl (C=O) groups excluding carboxylic acids is 3. The van der Waals surface area contributed by atoms with Crippen molar-refractivity contribution in [3.63, 3.8) is 0 Å². The number of hydrogen-bond acceptors (Lipinski definition) is 3. The Labute approximate surface area is 210 Å². The Hall–Kier alpha value is -3.44. The van der Waals surface area contributed by atoms with Gasteiger partial charge in [0.05, 0.1) is 11.1 Å². The van der Waals surface area contributed by atoms with E-state index in [1.54, 1.807) is 36.1 Å². The van der Waals surface area contributed by atoms with Gasteiger partial charge in [0.15, 0.2) is 0 Å². The summed E-state index contributed by atoms with van der Waals surface area (Å²) in [4.78, 5) is 43.1. The van der Waals surface area contributed by atoms with Crippen LogP contribution < -0.4 is 4.90 Å². The lowest BCUT2D eigenvalue weighted by Crippen LogP contribution is -2.60. The Bertz CT molecular complexity index is 1330. The SMILES string of the molecule is C[C@@H](C(=O)N1c2ccccc2[C@](C)(c2ccc(Cl)cc2)CC1(C)C)N1C(=O)c2ccccc2C1=O. The molecule has 0 unspecified atom stereocenters. The molecule has 6 heteroatoms. The second kappa shape index (κ2) is 8.06. The lowest BCUT2D eigenvalue weighted by atomic mass is 9.65. The van der Waals surface area contributed by atoms with Gasteiger partial charge in [0.2, 0.25) is 0 Å². The monoisotopic (exact) mass is 486 g/mol. The molecule has 5 rings (SSSR count). The molecule has 0 saturated heterocycles. The molecule has 0 N–H and O–H groups in total. The summed E-state index contributed by atoms with van der Waals surface area (Å²) in [5, 5.41) is 0.673. The van der Waals surface area contributed by atoms with Gasteiger partial charge in [-0.15, -0.1) is 0 Å². The first-order chi connectivity index (χ1) is 16.6. The maximum absolute atomic E-state index is 14.1. The number of para-hydroxylation sites is 1. The van der Waals surface area contributed by atoms with Gasteiger partial charge in [-0.2, -0.15) is 0 Å². The van der Waals surface area contributed by atoms with Crippen molar-refractivity contribution in [1.29, 1.82) is 0 Å². The summed E-state index contributed by atoms with van der Waals surface area (Å²) < 4.78 is 0. The molecule has 0 fully saturated rings. The van der Waals surface area contributed by atoms with E-state index in [1.807, 2.05) is 62.4 Å². The predicted octanol–water partition coefficient (Wildman–Crippen LogP) is 5.85.